The SMILES string of the molecule is Cc1cc(C(O)c2ccc(F)cc2I)ccc1F. The Morgan fingerprint density at radius 1 is 1.11 bits per heavy atom. The second-order valence-corrected chi connectivity index (χ2v) is 5.24. The number of aliphatic hydroxyl groups excluding tert-OH is 1. The smallest absolute Gasteiger partial charge is 0.126 e. The van der Waals surface area contributed by atoms with E-state index in [0.717, 1.165) is 0 Å². The molecule has 0 aliphatic heterocycles. The van der Waals surface area contributed by atoms with Crippen LogP contribution >= 0.6 is 22.6 Å². The van der Waals surface area contributed by atoms with Gasteiger partial charge in [0.05, 0.1) is 0 Å². The third-order valence-electron chi connectivity index (χ3n) is 2.75. The second-order valence-electron chi connectivity index (χ2n) is 4.08. The van der Waals surface area contributed by atoms with Crippen LogP contribution in [0, 0.1) is 22.1 Å². The fourth-order valence-corrected chi connectivity index (χ4v) is 2.51. The predicted molar refractivity (Wildman–Crippen MR) is 74.3 cm³/mol. The van der Waals surface area contributed by atoms with Gasteiger partial charge in [0.1, 0.15) is 17.7 Å². The Balaban J connectivity index is 2.41. The maximum Gasteiger partial charge on any atom is 0.126 e. The molecule has 0 fully saturated rings. The highest BCUT2D eigenvalue weighted by Gasteiger charge is 2.15. The van der Waals surface area contributed by atoms with E-state index >= 15 is 0 Å². The van der Waals surface area contributed by atoms with Crippen LogP contribution < -0.4 is 0 Å². The molecule has 1 atom stereocenters. The van der Waals surface area contributed by atoms with E-state index in [9.17, 15) is 13.9 Å². The lowest BCUT2D eigenvalue weighted by atomic mass is 10.00. The van der Waals surface area contributed by atoms with Crippen molar-refractivity contribution in [3.8, 4) is 0 Å². The number of hydrogen-bond acceptors (Lipinski definition) is 1. The van der Waals surface area contributed by atoms with Gasteiger partial charge in [-0.3, -0.25) is 0 Å². The van der Waals surface area contributed by atoms with Gasteiger partial charge in [0.2, 0.25) is 0 Å². The lowest BCUT2D eigenvalue weighted by molar-refractivity contribution is 0.219. The summed E-state index contributed by atoms with van der Waals surface area (Å²) >= 11 is 1.97. The Hall–Kier alpha value is -1.01. The summed E-state index contributed by atoms with van der Waals surface area (Å²) in [6.07, 6.45) is -0.878. The summed E-state index contributed by atoms with van der Waals surface area (Å²) in [7, 11) is 0. The van der Waals surface area contributed by atoms with E-state index in [1.165, 1.54) is 24.3 Å². The van der Waals surface area contributed by atoms with Gasteiger partial charge >= 0.3 is 0 Å². The van der Waals surface area contributed by atoms with Crippen molar-refractivity contribution in [1.82, 2.24) is 0 Å². The molecule has 0 amide bonds. The molecule has 0 saturated carbocycles. The minimum Gasteiger partial charge on any atom is -0.384 e. The van der Waals surface area contributed by atoms with Gasteiger partial charge in [0.15, 0.2) is 0 Å². The normalized spacial score (nSPS) is 12.5. The summed E-state index contributed by atoms with van der Waals surface area (Å²) in [6.45, 7) is 1.64. The average Bonchev–Trinajstić information content (AvgIpc) is 2.32. The molecule has 1 nitrogen and oxygen atoms in total. The van der Waals surface area contributed by atoms with E-state index in [2.05, 4.69) is 0 Å². The van der Waals surface area contributed by atoms with Crippen molar-refractivity contribution in [2.24, 2.45) is 0 Å². The quantitative estimate of drug-likeness (QED) is 0.804. The van der Waals surface area contributed by atoms with Crippen LogP contribution in [-0.4, -0.2) is 5.11 Å². The van der Waals surface area contributed by atoms with Crippen molar-refractivity contribution in [2.45, 2.75) is 13.0 Å². The molecule has 94 valence electrons. The van der Waals surface area contributed by atoms with Gasteiger partial charge in [-0.15, -0.1) is 0 Å². The fraction of sp³-hybridized carbons (Fsp3) is 0.143. The van der Waals surface area contributed by atoms with Crippen molar-refractivity contribution < 1.29 is 13.9 Å². The van der Waals surface area contributed by atoms with Crippen LogP contribution in [0.4, 0.5) is 8.78 Å². The Morgan fingerprint density at radius 2 is 1.83 bits per heavy atom. The van der Waals surface area contributed by atoms with Crippen molar-refractivity contribution in [3.05, 3.63) is 68.3 Å². The summed E-state index contributed by atoms with van der Waals surface area (Å²) < 4.78 is 26.8. The molecule has 0 heterocycles. The number of hydrogen-bond donors (Lipinski definition) is 1. The zero-order valence-corrected chi connectivity index (χ0v) is 11.8. The first kappa shape index (κ1) is 13.4. The van der Waals surface area contributed by atoms with Crippen molar-refractivity contribution in [3.63, 3.8) is 0 Å². The molecule has 0 radical (unpaired) electrons. The zero-order valence-electron chi connectivity index (χ0n) is 9.62. The Morgan fingerprint density at radius 3 is 2.44 bits per heavy atom. The molecule has 4 heteroatoms. The van der Waals surface area contributed by atoms with Gasteiger partial charge < -0.3 is 5.11 Å². The van der Waals surface area contributed by atoms with Crippen molar-refractivity contribution >= 4 is 22.6 Å². The molecule has 0 aliphatic carbocycles. The third kappa shape index (κ3) is 2.70. The molecule has 1 unspecified atom stereocenters. The van der Waals surface area contributed by atoms with Crippen molar-refractivity contribution in [2.75, 3.05) is 0 Å². The second kappa shape index (κ2) is 5.32. The zero-order chi connectivity index (χ0) is 13.3. The molecule has 2 rings (SSSR count). The van der Waals surface area contributed by atoms with Gasteiger partial charge in [-0.1, -0.05) is 18.2 Å². The summed E-state index contributed by atoms with van der Waals surface area (Å²) in [5, 5.41) is 10.2. The van der Waals surface area contributed by atoms with Gasteiger partial charge in [-0.05, 0) is 64.4 Å². The first-order valence-corrected chi connectivity index (χ1v) is 6.46. The van der Waals surface area contributed by atoms with Crippen LogP contribution in [0.5, 0.6) is 0 Å². The van der Waals surface area contributed by atoms with Crippen LogP contribution in [0.15, 0.2) is 36.4 Å². The standard InChI is InChI=1S/C14H11F2IO/c1-8-6-9(2-5-12(8)16)14(18)11-4-3-10(15)7-13(11)17/h2-7,14,18H,1H3. The molecule has 0 saturated heterocycles. The monoisotopic (exact) mass is 360 g/mol. The molecule has 18 heavy (non-hydrogen) atoms. The Kier molecular flexibility index (Phi) is 3.97. The van der Waals surface area contributed by atoms with Crippen LogP contribution in [-0.2, 0) is 0 Å². The molecule has 0 bridgehead atoms. The van der Waals surface area contributed by atoms with Crippen LogP contribution in [0.3, 0.4) is 0 Å². The van der Waals surface area contributed by atoms with Crippen molar-refractivity contribution in [1.29, 1.82) is 0 Å². The molecule has 0 spiro atoms. The minimum atomic E-state index is -0.878. The predicted octanol–water partition coefficient (Wildman–Crippen LogP) is 3.96. The first-order chi connectivity index (χ1) is 8.49. The van der Waals surface area contributed by atoms with Crippen LogP contribution in [0.2, 0.25) is 0 Å². The largest absolute Gasteiger partial charge is 0.384 e. The molecule has 1 N–H and O–H groups in total. The molecular weight excluding hydrogens is 349 g/mol. The number of benzene rings is 2. The number of aryl methyl sites for hydroxylation is 1. The topological polar surface area (TPSA) is 20.2 Å². The lowest BCUT2D eigenvalue weighted by Gasteiger charge is -2.14. The van der Waals surface area contributed by atoms with E-state index in [-0.39, 0.29) is 11.6 Å². The van der Waals surface area contributed by atoms with Crippen LogP contribution in [0.25, 0.3) is 0 Å². The molecule has 0 aliphatic rings. The summed E-state index contributed by atoms with van der Waals surface area (Å²) in [4.78, 5) is 0. The van der Waals surface area contributed by atoms with E-state index < -0.39 is 6.10 Å². The van der Waals surface area contributed by atoms with Gasteiger partial charge in [-0.25, -0.2) is 8.78 Å². The highest BCUT2D eigenvalue weighted by atomic mass is 127. The average molecular weight is 360 g/mol. The molecule has 0 aromatic heterocycles. The first-order valence-electron chi connectivity index (χ1n) is 5.38. The lowest BCUT2D eigenvalue weighted by Crippen LogP contribution is -2.03. The van der Waals surface area contributed by atoms with Gasteiger partial charge in [0, 0.05) is 3.57 Å². The molecule has 2 aromatic carbocycles. The van der Waals surface area contributed by atoms with E-state index in [4.69, 9.17) is 0 Å². The Labute approximate surface area is 118 Å². The van der Waals surface area contributed by atoms with Gasteiger partial charge in [0.25, 0.3) is 0 Å². The number of aliphatic hydroxyl groups is 1. The summed E-state index contributed by atoms with van der Waals surface area (Å²) in [6, 6.07) is 8.66. The highest BCUT2D eigenvalue weighted by Crippen LogP contribution is 2.27. The van der Waals surface area contributed by atoms with Crippen LogP contribution in [0.1, 0.15) is 22.8 Å². The van der Waals surface area contributed by atoms with Gasteiger partial charge in [-0.2, -0.15) is 0 Å². The summed E-state index contributed by atoms with van der Waals surface area (Å²) in [5.74, 6) is -0.648. The van der Waals surface area contributed by atoms with E-state index in [1.807, 2.05) is 22.6 Å². The molecule has 2 aromatic rings. The van der Waals surface area contributed by atoms with E-state index in [1.54, 1.807) is 19.1 Å². The fourth-order valence-electron chi connectivity index (χ4n) is 1.74. The maximum absolute atomic E-state index is 13.2. The molecular formula is C14H11F2IO. The summed E-state index contributed by atoms with van der Waals surface area (Å²) in [5.41, 5.74) is 1.69. The third-order valence-corrected chi connectivity index (χ3v) is 3.69. The number of halogens is 3. The maximum atomic E-state index is 13.2. The highest BCUT2D eigenvalue weighted by molar-refractivity contribution is 14.1. The Bertz CT molecular complexity index is 584. The number of rotatable bonds is 2. The minimum absolute atomic E-state index is 0.306. The van der Waals surface area contributed by atoms with E-state index in [0.29, 0.717) is 20.3 Å².